The highest BCUT2D eigenvalue weighted by Gasteiger charge is 2.66. The number of alkyl halides is 4. The molecule has 0 aromatic heterocycles. The molecule has 1 saturated heterocycles. The zero-order chi connectivity index (χ0) is 25.8. The van der Waals surface area contributed by atoms with Crippen molar-refractivity contribution in [2.24, 2.45) is 5.16 Å². The van der Waals surface area contributed by atoms with E-state index < -0.39 is 50.6 Å². The van der Waals surface area contributed by atoms with Crippen LogP contribution < -0.4 is 0 Å². The number of halogens is 6. The maximum atomic E-state index is 15.2. The molecule has 0 N–H and O–H groups in total. The number of nitrogens with zero attached hydrogens (tertiary/aromatic N) is 2. The van der Waals surface area contributed by atoms with Gasteiger partial charge in [-0.05, 0) is 41.1 Å². The molecular formula is C21H16Cl2F4N2O5S. The molecule has 0 radical (unpaired) electrons. The minimum atomic E-state index is -5.07. The smallest absolute Gasteiger partial charge is 0.419 e. The highest BCUT2D eigenvalue weighted by atomic mass is 35.5. The highest BCUT2D eigenvalue weighted by molar-refractivity contribution is 7.91. The number of oxime groups is 1. The van der Waals surface area contributed by atoms with Crippen LogP contribution in [0.5, 0.6) is 0 Å². The number of sulfone groups is 1. The summed E-state index contributed by atoms with van der Waals surface area (Å²) >= 11 is 11.7. The number of amides is 1. The van der Waals surface area contributed by atoms with Crippen molar-refractivity contribution in [1.82, 2.24) is 4.90 Å². The first-order valence-corrected chi connectivity index (χ1v) is 12.7. The van der Waals surface area contributed by atoms with Crippen LogP contribution in [0.2, 0.25) is 10.0 Å². The van der Waals surface area contributed by atoms with E-state index >= 15 is 4.39 Å². The van der Waals surface area contributed by atoms with Gasteiger partial charge in [0.2, 0.25) is 5.91 Å². The van der Waals surface area contributed by atoms with E-state index in [9.17, 15) is 26.4 Å². The number of carbonyl (C=O) groups excluding carboxylic acids is 1. The van der Waals surface area contributed by atoms with Gasteiger partial charge in [-0.15, -0.1) is 0 Å². The molecule has 1 amide bonds. The van der Waals surface area contributed by atoms with E-state index in [0.717, 1.165) is 23.3 Å². The Balaban J connectivity index is 1.51. The number of hydrogen-bond donors (Lipinski definition) is 0. The molecule has 1 unspecified atom stereocenters. The van der Waals surface area contributed by atoms with Crippen molar-refractivity contribution in [2.75, 3.05) is 25.1 Å². The zero-order valence-corrected chi connectivity index (χ0v) is 20.1. The van der Waals surface area contributed by atoms with Crippen LogP contribution in [0.25, 0.3) is 0 Å². The van der Waals surface area contributed by atoms with Gasteiger partial charge in [-0.3, -0.25) is 4.79 Å². The first-order valence-electron chi connectivity index (χ1n) is 9.86. The van der Waals surface area contributed by atoms with Crippen molar-refractivity contribution >= 4 is 44.8 Å². The average Bonchev–Trinajstić information content (AvgIpc) is 3.16. The van der Waals surface area contributed by atoms with Crippen LogP contribution in [0.1, 0.15) is 16.7 Å². The quantitative estimate of drug-likeness (QED) is 0.518. The predicted molar refractivity (Wildman–Crippen MR) is 118 cm³/mol. The molecule has 7 nitrogen and oxygen atoms in total. The molecule has 2 aromatic rings. The molecule has 188 valence electrons. The van der Waals surface area contributed by atoms with Crippen molar-refractivity contribution in [1.29, 1.82) is 0 Å². The van der Waals surface area contributed by atoms with Gasteiger partial charge in [0.1, 0.15) is 5.75 Å². The standard InChI is InChI=1S/C21H16Cl2F4N2O5S/c1-35(31,32)9-17(30)29-10-19(24,11-29)13-4-2-12(3-5-13)18-28-34-20(33-18,21(25,26)27)14-6-15(22)8-16(23)7-14/h2-8H,9-11H2,1H3. The zero-order valence-electron chi connectivity index (χ0n) is 17.8. The molecule has 2 aromatic carbocycles. The molecule has 4 rings (SSSR count). The SMILES string of the molecule is CS(=O)(=O)CC(=O)N1CC(F)(c2ccc(C3=NOC(c4cc(Cl)cc(Cl)c4)(C(F)(F)F)O3)cc2)C1. The van der Waals surface area contributed by atoms with Gasteiger partial charge in [0.05, 0.1) is 18.7 Å². The largest absolute Gasteiger partial charge is 0.475 e. The Morgan fingerprint density at radius 2 is 1.66 bits per heavy atom. The molecular weight excluding hydrogens is 539 g/mol. The monoisotopic (exact) mass is 554 g/mol. The summed E-state index contributed by atoms with van der Waals surface area (Å²) in [4.78, 5) is 17.7. The first kappa shape index (κ1) is 25.5. The summed E-state index contributed by atoms with van der Waals surface area (Å²) in [6.45, 7) is -0.706. The maximum Gasteiger partial charge on any atom is 0.475 e. The van der Waals surface area contributed by atoms with Crippen LogP contribution >= 0.6 is 23.2 Å². The maximum absolute atomic E-state index is 15.2. The van der Waals surface area contributed by atoms with Gasteiger partial charge >= 0.3 is 12.0 Å². The number of likely N-dealkylation sites (tertiary alicyclic amines) is 1. The second kappa shape index (κ2) is 8.52. The van der Waals surface area contributed by atoms with E-state index in [4.69, 9.17) is 32.8 Å². The Morgan fingerprint density at radius 3 is 2.17 bits per heavy atom. The molecule has 0 bridgehead atoms. The molecule has 0 saturated carbocycles. The van der Waals surface area contributed by atoms with Gasteiger partial charge in [0.25, 0.3) is 5.90 Å². The summed E-state index contributed by atoms with van der Waals surface area (Å²) in [5, 5.41) is 3.30. The van der Waals surface area contributed by atoms with Crippen LogP contribution in [0.15, 0.2) is 47.6 Å². The number of rotatable bonds is 5. The van der Waals surface area contributed by atoms with Crippen LogP contribution in [0.4, 0.5) is 17.6 Å². The number of ether oxygens (including phenoxy) is 1. The van der Waals surface area contributed by atoms with Crippen LogP contribution in [0.3, 0.4) is 0 Å². The molecule has 0 aliphatic carbocycles. The summed E-state index contributed by atoms with van der Waals surface area (Å²) in [5.74, 6) is -5.23. The van der Waals surface area contributed by atoms with E-state index in [1.165, 1.54) is 30.3 Å². The first-order chi connectivity index (χ1) is 16.1. The van der Waals surface area contributed by atoms with Gasteiger partial charge in [0, 0.05) is 21.9 Å². The molecule has 14 heteroatoms. The van der Waals surface area contributed by atoms with Gasteiger partial charge in [0.15, 0.2) is 15.5 Å². The second-order valence-electron chi connectivity index (χ2n) is 8.22. The van der Waals surface area contributed by atoms with E-state index in [2.05, 4.69) is 5.16 Å². The van der Waals surface area contributed by atoms with Crippen molar-refractivity contribution < 1.29 is 40.3 Å². The van der Waals surface area contributed by atoms with E-state index in [1.54, 1.807) is 0 Å². The summed E-state index contributed by atoms with van der Waals surface area (Å²) in [7, 11) is -3.55. The lowest BCUT2D eigenvalue weighted by Gasteiger charge is -2.44. The van der Waals surface area contributed by atoms with E-state index in [0.29, 0.717) is 0 Å². The van der Waals surface area contributed by atoms with Crippen molar-refractivity contribution in [3.63, 3.8) is 0 Å². The lowest BCUT2D eigenvalue weighted by Crippen LogP contribution is -2.59. The Hall–Kier alpha value is -2.57. The van der Waals surface area contributed by atoms with Crippen LogP contribution in [0, 0.1) is 0 Å². The topological polar surface area (TPSA) is 85.3 Å². The Labute approximate surface area is 207 Å². The summed E-state index contributed by atoms with van der Waals surface area (Å²) in [6, 6.07) is 8.42. The molecule has 1 fully saturated rings. The third-order valence-electron chi connectivity index (χ3n) is 5.38. The van der Waals surface area contributed by atoms with Gasteiger partial charge < -0.3 is 14.5 Å². The van der Waals surface area contributed by atoms with Gasteiger partial charge in [-0.2, -0.15) is 13.2 Å². The summed E-state index contributed by atoms with van der Waals surface area (Å²) < 4.78 is 84.8. The molecule has 0 spiro atoms. The highest BCUT2D eigenvalue weighted by Crippen LogP contribution is 2.48. The molecule has 35 heavy (non-hydrogen) atoms. The lowest BCUT2D eigenvalue weighted by atomic mass is 9.87. The van der Waals surface area contributed by atoms with Crippen molar-refractivity contribution in [3.05, 3.63) is 69.2 Å². The minimum absolute atomic E-state index is 0.0703. The Kier molecular flexibility index (Phi) is 6.22. The fraction of sp³-hybridized carbons (Fsp3) is 0.333. The summed E-state index contributed by atoms with van der Waals surface area (Å²) in [6.07, 6.45) is -4.17. The number of hydrogen-bond acceptors (Lipinski definition) is 6. The van der Waals surface area contributed by atoms with Crippen LogP contribution in [-0.4, -0.2) is 56.4 Å². The van der Waals surface area contributed by atoms with Gasteiger partial charge in [-0.1, -0.05) is 35.3 Å². The number of benzene rings is 2. The van der Waals surface area contributed by atoms with Crippen LogP contribution in [-0.2, 0) is 35.7 Å². The predicted octanol–water partition coefficient (Wildman–Crippen LogP) is 4.17. The van der Waals surface area contributed by atoms with E-state index in [-0.39, 0.29) is 34.3 Å². The lowest BCUT2D eigenvalue weighted by molar-refractivity contribution is -0.352. The Morgan fingerprint density at radius 1 is 1.09 bits per heavy atom. The number of carbonyl (C=O) groups is 1. The molecule has 2 heterocycles. The molecule has 1 atom stereocenters. The second-order valence-corrected chi connectivity index (χ2v) is 11.2. The summed E-state index contributed by atoms with van der Waals surface area (Å²) in [5.41, 5.74) is -2.24. The fourth-order valence-electron chi connectivity index (χ4n) is 3.66. The van der Waals surface area contributed by atoms with Crippen molar-refractivity contribution in [2.45, 2.75) is 17.6 Å². The van der Waals surface area contributed by atoms with Crippen molar-refractivity contribution in [3.8, 4) is 0 Å². The fourth-order valence-corrected chi connectivity index (χ4v) is 4.82. The average molecular weight is 555 g/mol. The third-order valence-corrected chi connectivity index (χ3v) is 6.59. The minimum Gasteiger partial charge on any atom is -0.419 e. The van der Waals surface area contributed by atoms with Gasteiger partial charge in [-0.25, -0.2) is 12.8 Å². The Bertz CT molecular complexity index is 1290. The molecule has 2 aliphatic heterocycles. The van der Waals surface area contributed by atoms with E-state index in [1.807, 2.05) is 0 Å². The normalized spacial score (nSPS) is 21.6. The molecule has 2 aliphatic rings. The third kappa shape index (κ3) is 4.91.